The fourth-order valence-electron chi connectivity index (χ4n) is 5.23. The van der Waals surface area contributed by atoms with Crippen molar-refractivity contribution in [3.05, 3.63) is 71.1 Å². The Kier molecular flexibility index (Phi) is 4.70. The molecule has 0 bridgehead atoms. The first-order valence-corrected chi connectivity index (χ1v) is 11.4. The Labute approximate surface area is 195 Å². The van der Waals surface area contributed by atoms with Gasteiger partial charge < -0.3 is 15.0 Å². The first kappa shape index (κ1) is 20.9. The third-order valence-electron chi connectivity index (χ3n) is 7.06. The molecule has 0 saturated carbocycles. The zero-order chi connectivity index (χ0) is 23.6. The minimum absolute atomic E-state index is 0.263. The fraction of sp³-hybridized carbons (Fsp3) is 0.320. The molecular weight excluding hydrogens is 435 g/mol. The van der Waals surface area contributed by atoms with Gasteiger partial charge in [0, 0.05) is 48.3 Å². The molecule has 1 fully saturated rings. The molecule has 0 aliphatic carbocycles. The van der Waals surface area contributed by atoms with Crippen LogP contribution >= 0.6 is 0 Å². The molecule has 2 aliphatic heterocycles. The summed E-state index contributed by atoms with van der Waals surface area (Å²) in [6.45, 7) is 3.16. The summed E-state index contributed by atoms with van der Waals surface area (Å²) in [5.41, 5.74) is 5.24. The Bertz CT molecular complexity index is 1430. The van der Waals surface area contributed by atoms with E-state index in [9.17, 15) is 9.90 Å². The zero-order valence-electron chi connectivity index (χ0n) is 19.0. The van der Waals surface area contributed by atoms with Gasteiger partial charge in [0.05, 0.1) is 29.5 Å². The van der Waals surface area contributed by atoms with Crippen LogP contribution in [-0.2, 0) is 7.05 Å². The van der Waals surface area contributed by atoms with Gasteiger partial charge in [-0.1, -0.05) is 6.07 Å². The lowest BCUT2D eigenvalue weighted by Gasteiger charge is -2.32. The monoisotopic (exact) mass is 460 g/mol. The molecule has 6 rings (SSSR count). The lowest BCUT2D eigenvalue weighted by molar-refractivity contribution is 0.0987. The number of carbonyl (C=O) groups is 1. The topological polar surface area (TPSA) is 90.3 Å². The van der Waals surface area contributed by atoms with E-state index in [2.05, 4.69) is 15.1 Å². The van der Waals surface area contributed by atoms with E-state index < -0.39 is 18.0 Å². The van der Waals surface area contributed by atoms with E-state index >= 15 is 4.39 Å². The van der Waals surface area contributed by atoms with E-state index in [-0.39, 0.29) is 5.91 Å². The number of aliphatic hydroxyl groups excluding tert-OH is 1. The van der Waals surface area contributed by atoms with Crippen LogP contribution < -0.4 is 9.80 Å². The predicted molar refractivity (Wildman–Crippen MR) is 127 cm³/mol. The number of amides is 1. The highest BCUT2D eigenvalue weighted by Gasteiger charge is 2.44. The summed E-state index contributed by atoms with van der Waals surface area (Å²) in [5, 5.41) is 14.5. The van der Waals surface area contributed by atoms with Crippen molar-refractivity contribution in [1.82, 2.24) is 19.7 Å². The number of rotatable bonds is 3. The molecule has 2 atom stereocenters. The van der Waals surface area contributed by atoms with E-state index in [1.54, 1.807) is 29.0 Å². The number of halogens is 1. The van der Waals surface area contributed by atoms with Crippen LogP contribution in [0.5, 0.6) is 0 Å². The largest absolute Gasteiger partial charge is 0.391 e. The van der Waals surface area contributed by atoms with Gasteiger partial charge in [0.25, 0.3) is 5.91 Å². The molecule has 0 radical (unpaired) electrons. The zero-order valence-corrected chi connectivity index (χ0v) is 19.0. The Balaban J connectivity index is 1.47. The molecule has 4 aromatic rings. The molecule has 2 aromatic heterocycles. The third kappa shape index (κ3) is 3.11. The number of hydrogen-bond donors (Lipinski definition) is 2. The van der Waals surface area contributed by atoms with Crippen LogP contribution in [0.2, 0.25) is 0 Å². The Hall–Kier alpha value is -3.72. The number of imidazole rings is 1. The van der Waals surface area contributed by atoms with Gasteiger partial charge >= 0.3 is 0 Å². The van der Waals surface area contributed by atoms with Gasteiger partial charge in [0.15, 0.2) is 5.69 Å². The van der Waals surface area contributed by atoms with Gasteiger partial charge in [-0.15, -0.1) is 0 Å². The van der Waals surface area contributed by atoms with E-state index in [0.29, 0.717) is 23.5 Å². The standard InChI is InChI=1S/C25H25FN6O2/c1-14-22-23(29-30(14)2)25(34)32(16-6-8-20-21(11-16)28-13-27-20)24(22)18-7-5-15(10-19(18)26)31-9-3-4-17(33)12-31/h5-8,10-11,13,17,24,33H,3-4,9,12H2,1-2H3,(H,27,28). The van der Waals surface area contributed by atoms with Crippen LogP contribution in [0, 0.1) is 12.7 Å². The molecule has 2 aliphatic rings. The van der Waals surface area contributed by atoms with E-state index in [1.165, 1.54) is 6.07 Å². The highest BCUT2D eigenvalue weighted by Crippen LogP contribution is 2.44. The Morgan fingerprint density at radius 1 is 1.18 bits per heavy atom. The molecule has 2 N–H and O–H groups in total. The molecule has 8 nitrogen and oxygen atoms in total. The van der Waals surface area contributed by atoms with Crippen LogP contribution in [0.3, 0.4) is 0 Å². The number of anilines is 2. The van der Waals surface area contributed by atoms with E-state index in [1.807, 2.05) is 36.1 Å². The molecule has 1 saturated heterocycles. The molecular formula is C25H25FN6O2. The minimum Gasteiger partial charge on any atom is -0.391 e. The SMILES string of the molecule is Cc1c2c(nn1C)C(=O)N(c1ccc3[nH]cnc3c1)C2c1ccc(N2CCCC(O)C2)cc1F. The Morgan fingerprint density at radius 3 is 2.79 bits per heavy atom. The maximum absolute atomic E-state index is 15.7. The number of β-amino-alcohol motifs (C(OH)–C–C–N with tert-alkyl or cyclic N) is 1. The number of aliphatic hydroxyl groups is 1. The smallest absolute Gasteiger partial charge is 0.280 e. The quantitative estimate of drug-likeness (QED) is 0.489. The first-order valence-electron chi connectivity index (χ1n) is 11.4. The number of benzene rings is 2. The van der Waals surface area contributed by atoms with Gasteiger partial charge in [-0.25, -0.2) is 9.37 Å². The molecule has 34 heavy (non-hydrogen) atoms. The van der Waals surface area contributed by atoms with Crippen LogP contribution in [0.25, 0.3) is 11.0 Å². The number of nitrogens with one attached hydrogen (secondary N) is 1. The number of piperidine rings is 1. The summed E-state index contributed by atoms with van der Waals surface area (Å²) < 4.78 is 17.4. The summed E-state index contributed by atoms with van der Waals surface area (Å²) >= 11 is 0. The molecule has 2 aromatic carbocycles. The summed E-state index contributed by atoms with van der Waals surface area (Å²) in [6, 6.07) is 10.0. The second-order valence-electron chi connectivity index (χ2n) is 9.10. The van der Waals surface area contributed by atoms with Crippen LogP contribution in [0.4, 0.5) is 15.8 Å². The molecule has 0 spiro atoms. The summed E-state index contributed by atoms with van der Waals surface area (Å²) in [6.07, 6.45) is 2.83. The van der Waals surface area contributed by atoms with Gasteiger partial charge in [-0.05, 0) is 50.1 Å². The van der Waals surface area contributed by atoms with Crippen molar-refractivity contribution in [3.8, 4) is 0 Å². The lowest BCUT2D eigenvalue weighted by Crippen LogP contribution is -2.38. The van der Waals surface area contributed by atoms with Crippen molar-refractivity contribution in [2.24, 2.45) is 7.05 Å². The minimum atomic E-state index is -0.645. The van der Waals surface area contributed by atoms with Crippen LogP contribution in [0.1, 0.15) is 46.2 Å². The van der Waals surface area contributed by atoms with E-state index in [4.69, 9.17) is 0 Å². The molecule has 1 amide bonds. The van der Waals surface area contributed by atoms with Gasteiger partial charge in [-0.2, -0.15) is 5.10 Å². The van der Waals surface area contributed by atoms with Crippen molar-refractivity contribution in [2.45, 2.75) is 31.9 Å². The number of fused-ring (bicyclic) bond motifs is 2. The summed E-state index contributed by atoms with van der Waals surface area (Å²) in [4.78, 5) is 24.5. The normalized spacial score (nSPS) is 20.4. The van der Waals surface area contributed by atoms with Crippen LogP contribution in [0.15, 0.2) is 42.7 Å². The molecule has 4 heterocycles. The summed E-state index contributed by atoms with van der Waals surface area (Å²) in [5.74, 6) is -0.654. The van der Waals surface area contributed by atoms with Gasteiger partial charge in [-0.3, -0.25) is 14.4 Å². The van der Waals surface area contributed by atoms with Gasteiger partial charge in [0.2, 0.25) is 0 Å². The number of aromatic amines is 1. The van der Waals surface area contributed by atoms with Gasteiger partial charge in [0.1, 0.15) is 5.82 Å². The first-order chi connectivity index (χ1) is 16.4. The Morgan fingerprint density at radius 2 is 2.00 bits per heavy atom. The average Bonchev–Trinajstić information content (AvgIpc) is 3.48. The van der Waals surface area contributed by atoms with Crippen molar-refractivity contribution in [1.29, 1.82) is 0 Å². The maximum atomic E-state index is 15.7. The number of aromatic nitrogens is 4. The maximum Gasteiger partial charge on any atom is 0.280 e. The highest BCUT2D eigenvalue weighted by atomic mass is 19.1. The van der Waals surface area contributed by atoms with Crippen molar-refractivity contribution in [2.75, 3.05) is 22.9 Å². The predicted octanol–water partition coefficient (Wildman–Crippen LogP) is 3.45. The van der Waals surface area contributed by atoms with Crippen molar-refractivity contribution >= 4 is 28.3 Å². The highest BCUT2D eigenvalue weighted by molar-refractivity contribution is 6.11. The molecule has 2 unspecified atom stereocenters. The fourth-order valence-corrected chi connectivity index (χ4v) is 5.23. The van der Waals surface area contributed by atoms with Crippen LogP contribution in [-0.4, -0.2) is 50.0 Å². The van der Waals surface area contributed by atoms with E-state index in [0.717, 1.165) is 47.4 Å². The second-order valence-corrected chi connectivity index (χ2v) is 9.10. The third-order valence-corrected chi connectivity index (χ3v) is 7.06. The number of nitrogens with zero attached hydrogens (tertiary/aromatic N) is 5. The number of H-pyrrole nitrogens is 1. The number of carbonyl (C=O) groups excluding carboxylic acids is 1. The summed E-state index contributed by atoms with van der Waals surface area (Å²) in [7, 11) is 1.79. The average molecular weight is 461 g/mol. The van der Waals surface area contributed by atoms with Crippen molar-refractivity contribution < 1.29 is 14.3 Å². The molecule has 9 heteroatoms. The van der Waals surface area contributed by atoms with Crippen molar-refractivity contribution in [3.63, 3.8) is 0 Å². The number of aryl methyl sites for hydroxylation is 1. The lowest BCUT2D eigenvalue weighted by atomic mass is 9.97. The second kappa shape index (κ2) is 7.66. The molecule has 174 valence electrons. The number of hydrogen-bond acceptors (Lipinski definition) is 5.